The molecular formula is C9H17BNO5S-. The highest BCUT2D eigenvalue weighted by Crippen LogP contribution is 2.54. The van der Waals surface area contributed by atoms with Crippen LogP contribution in [0, 0.1) is 5.41 Å². The Kier molecular flexibility index (Phi) is 3.43. The Morgan fingerprint density at radius 3 is 2.65 bits per heavy atom. The van der Waals surface area contributed by atoms with Crippen molar-refractivity contribution in [2.45, 2.75) is 30.5 Å². The maximum Gasteiger partial charge on any atom is 0.371 e. The van der Waals surface area contributed by atoms with Gasteiger partial charge in [0.05, 0.1) is 0 Å². The zero-order valence-corrected chi connectivity index (χ0v) is 10.2. The summed E-state index contributed by atoms with van der Waals surface area (Å²) in [4.78, 5) is 11.1. The molecule has 0 unspecified atom stereocenters. The number of nitrogens with one attached hydrogen (secondary N) is 1. The van der Waals surface area contributed by atoms with Crippen molar-refractivity contribution in [3.63, 3.8) is 0 Å². The Bertz CT molecular complexity index is 323. The van der Waals surface area contributed by atoms with E-state index in [4.69, 9.17) is 20.2 Å². The normalized spacial score (nSPS) is 36.4. The maximum absolute atomic E-state index is 11.1. The predicted molar refractivity (Wildman–Crippen MR) is 64.6 cm³/mol. The topological polar surface area (TPSA) is 110 Å². The van der Waals surface area contributed by atoms with Crippen LogP contribution >= 0.6 is 11.8 Å². The molecule has 98 valence electrons. The van der Waals surface area contributed by atoms with Crippen molar-refractivity contribution in [2.24, 2.45) is 5.41 Å². The monoisotopic (exact) mass is 262 g/mol. The molecule has 0 radical (unpaired) electrons. The standard InChI is InChI=1S/C9H17BNO5S/c12-8(13)7-9(2-1-3-10(14,15)16)5-17-6(9)4-11-7/h6-7,11,14-16H,1-5H2,(H,12,13)/q-1/t6-,7+,9-/m0/s1. The van der Waals surface area contributed by atoms with E-state index >= 15 is 0 Å². The van der Waals surface area contributed by atoms with E-state index < -0.39 is 18.8 Å². The van der Waals surface area contributed by atoms with E-state index in [2.05, 4.69) is 5.32 Å². The minimum absolute atomic E-state index is 0.0918. The van der Waals surface area contributed by atoms with Crippen LogP contribution in [0.25, 0.3) is 0 Å². The Hall–Kier alpha value is -0.275. The summed E-state index contributed by atoms with van der Waals surface area (Å²) in [6.07, 6.45) is 0.928. The summed E-state index contributed by atoms with van der Waals surface area (Å²) in [5.41, 5.74) is -0.280. The van der Waals surface area contributed by atoms with Crippen LogP contribution in [0.5, 0.6) is 0 Å². The third kappa shape index (κ3) is 2.46. The van der Waals surface area contributed by atoms with Crippen molar-refractivity contribution in [3.8, 4) is 0 Å². The molecule has 2 fully saturated rings. The molecule has 0 aromatic heterocycles. The zero-order chi connectivity index (χ0) is 12.7. The Morgan fingerprint density at radius 2 is 2.18 bits per heavy atom. The summed E-state index contributed by atoms with van der Waals surface area (Å²) in [6, 6.07) is -0.549. The summed E-state index contributed by atoms with van der Waals surface area (Å²) in [6.45, 7) is -2.56. The molecule has 17 heavy (non-hydrogen) atoms. The van der Waals surface area contributed by atoms with Gasteiger partial charge >= 0.3 is 12.7 Å². The minimum Gasteiger partial charge on any atom is -0.560 e. The number of hydrogen-bond acceptors (Lipinski definition) is 6. The molecule has 6 nitrogen and oxygen atoms in total. The Morgan fingerprint density at radius 1 is 1.47 bits per heavy atom. The summed E-state index contributed by atoms with van der Waals surface area (Å²) >= 11 is 1.75. The fourth-order valence-electron chi connectivity index (χ4n) is 2.79. The van der Waals surface area contributed by atoms with Gasteiger partial charge < -0.3 is 25.5 Å². The summed E-state index contributed by atoms with van der Waals surface area (Å²) < 4.78 is 0. The number of carbonyl (C=O) groups is 1. The SMILES string of the molecule is O=C(O)[C@H]1NC[C@@H]2SC[C@@]21CCC[B-](O)(O)O. The average Bonchev–Trinajstić information content (AvgIpc) is 2.39. The van der Waals surface area contributed by atoms with Crippen LogP contribution in [-0.2, 0) is 4.79 Å². The van der Waals surface area contributed by atoms with E-state index in [0.29, 0.717) is 24.6 Å². The van der Waals surface area contributed by atoms with Crippen molar-refractivity contribution in [1.82, 2.24) is 5.32 Å². The quantitative estimate of drug-likeness (QED) is 0.397. The van der Waals surface area contributed by atoms with Gasteiger partial charge in [-0.05, 0) is 6.42 Å². The molecule has 0 aromatic rings. The molecule has 2 aliphatic heterocycles. The smallest absolute Gasteiger partial charge is 0.371 e. The number of carboxylic acids is 1. The first-order valence-corrected chi connectivity index (χ1v) is 6.81. The number of hydrogen-bond donors (Lipinski definition) is 5. The number of rotatable bonds is 5. The minimum atomic E-state index is -3.25. The Balaban J connectivity index is 1.95. The summed E-state index contributed by atoms with van der Waals surface area (Å²) in [7, 11) is 0. The van der Waals surface area contributed by atoms with Gasteiger partial charge in [-0.2, -0.15) is 11.8 Å². The van der Waals surface area contributed by atoms with Gasteiger partial charge in [-0.25, -0.2) is 0 Å². The zero-order valence-electron chi connectivity index (χ0n) is 9.37. The summed E-state index contributed by atoms with van der Waals surface area (Å²) in [5, 5.41) is 39.1. The molecule has 0 amide bonds. The van der Waals surface area contributed by atoms with Gasteiger partial charge in [0.2, 0.25) is 0 Å². The van der Waals surface area contributed by atoms with E-state index in [0.717, 1.165) is 5.75 Å². The first kappa shape index (κ1) is 13.2. The third-order valence-electron chi connectivity index (χ3n) is 3.76. The van der Waals surface area contributed by atoms with Crippen LogP contribution in [0.4, 0.5) is 0 Å². The van der Waals surface area contributed by atoms with Gasteiger partial charge in [0, 0.05) is 23.0 Å². The highest BCUT2D eigenvalue weighted by molar-refractivity contribution is 8.01. The van der Waals surface area contributed by atoms with Crippen LogP contribution in [0.15, 0.2) is 0 Å². The molecule has 3 atom stereocenters. The molecule has 2 heterocycles. The first-order valence-electron chi connectivity index (χ1n) is 5.76. The molecule has 0 aromatic carbocycles. The lowest BCUT2D eigenvalue weighted by molar-refractivity contribution is -0.141. The molecule has 0 aliphatic carbocycles. The molecule has 2 aliphatic rings. The van der Waals surface area contributed by atoms with E-state index in [9.17, 15) is 4.79 Å². The fraction of sp³-hybridized carbons (Fsp3) is 0.889. The maximum atomic E-state index is 11.1. The van der Waals surface area contributed by atoms with Crippen LogP contribution in [0.3, 0.4) is 0 Å². The number of carboxylic acid groups (broad SMARTS) is 1. The van der Waals surface area contributed by atoms with Crippen LogP contribution in [0.1, 0.15) is 12.8 Å². The number of thioether (sulfide) groups is 1. The Labute approximate surface area is 103 Å². The van der Waals surface area contributed by atoms with Gasteiger partial charge in [-0.1, -0.05) is 12.7 Å². The number of aliphatic carboxylic acids is 1. The number of fused-ring (bicyclic) bond motifs is 1. The van der Waals surface area contributed by atoms with Gasteiger partial charge in [0.1, 0.15) is 6.04 Å². The molecule has 8 heteroatoms. The lowest BCUT2D eigenvalue weighted by Gasteiger charge is -2.46. The summed E-state index contributed by atoms with van der Waals surface area (Å²) in [5.74, 6) is -0.0641. The van der Waals surface area contributed by atoms with Crippen LogP contribution in [-0.4, -0.2) is 56.5 Å². The molecule has 0 spiro atoms. The lowest BCUT2D eigenvalue weighted by Crippen LogP contribution is -2.53. The van der Waals surface area contributed by atoms with Crippen LogP contribution in [0.2, 0.25) is 6.32 Å². The molecule has 2 rings (SSSR count). The highest BCUT2D eigenvalue weighted by atomic mass is 32.2. The fourth-order valence-corrected chi connectivity index (χ4v) is 4.40. The van der Waals surface area contributed by atoms with Crippen molar-refractivity contribution in [1.29, 1.82) is 0 Å². The van der Waals surface area contributed by atoms with Gasteiger partial charge in [-0.3, -0.25) is 4.79 Å². The predicted octanol–water partition coefficient (Wildman–Crippen LogP) is -1.16. The molecule has 2 saturated heterocycles. The van der Waals surface area contributed by atoms with Crippen molar-refractivity contribution < 1.29 is 25.0 Å². The largest absolute Gasteiger partial charge is 0.560 e. The van der Waals surface area contributed by atoms with Crippen LogP contribution < -0.4 is 5.32 Å². The van der Waals surface area contributed by atoms with E-state index in [-0.39, 0.29) is 11.7 Å². The van der Waals surface area contributed by atoms with Crippen molar-refractivity contribution in [2.75, 3.05) is 12.3 Å². The van der Waals surface area contributed by atoms with E-state index in [1.165, 1.54) is 0 Å². The van der Waals surface area contributed by atoms with Gasteiger partial charge in [-0.15, -0.1) is 0 Å². The lowest BCUT2D eigenvalue weighted by atomic mass is 9.69. The van der Waals surface area contributed by atoms with E-state index in [1.807, 2.05) is 0 Å². The second-order valence-electron chi connectivity index (χ2n) is 5.00. The van der Waals surface area contributed by atoms with Gasteiger partial charge in [0.15, 0.2) is 0 Å². The second kappa shape index (κ2) is 4.44. The molecule has 5 N–H and O–H groups in total. The third-order valence-corrected chi connectivity index (χ3v) is 5.50. The second-order valence-corrected chi connectivity index (χ2v) is 6.19. The molecule has 0 saturated carbocycles. The highest BCUT2D eigenvalue weighted by Gasteiger charge is 2.58. The van der Waals surface area contributed by atoms with Gasteiger partial charge in [0.25, 0.3) is 0 Å². The first-order chi connectivity index (χ1) is 7.85. The average molecular weight is 262 g/mol. The van der Waals surface area contributed by atoms with E-state index in [1.54, 1.807) is 11.8 Å². The van der Waals surface area contributed by atoms with Crippen molar-refractivity contribution >= 4 is 24.5 Å². The molecular weight excluding hydrogens is 245 g/mol. The van der Waals surface area contributed by atoms with Crippen molar-refractivity contribution in [3.05, 3.63) is 0 Å². The molecule has 0 bridgehead atoms.